The van der Waals surface area contributed by atoms with E-state index in [0.29, 0.717) is 19.6 Å². The van der Waals surface area contributed by atoms with E-state index in [4.69, 9.17) is 5.73 Å². The van der Waals surface area contributed by atoms with Crippen LogP contribution in [0.5, 0.6) is 0 Å². The van der Waals surface area contributed by atoms with E-state index in [0.717, 1.165) is 35.0 Å². The molecule has 25 heavy (non-hydrogen) atoms. The van der Waals surface area contributed by atoms with E-state index < -0.39 is 21.2 Å². The highest BCUT2D eigenvalue weighted by molar-refractivity contribution is 7.90. The van der Waals surface area contributed by atoms with Crippen molar-refractivity contribution in [3.8, 4) is 0 Å². The largest absolute Gasteiger partial charge is 0.356 e. The first-order valence-electron chi connectivity index (χ1n) is 8.40. The second kappa shape index (κ2) is 5.47. The molecule has 4 rings (SSSR count). The predicted octanol–water partition coefficient (Wildman–Crippen LogP) is 1.23. The Morgan fingerprint density at radius 3 is 2.60 bits per heavy atom. The second-order valence-corrected chi connectivity index (χ2v) is 9.29. The minimum atomic E-state index is -3.29. The number of likely N-dealkylation sites (tertiary alicyclic amines) is 1. The van der Waals surface area contributed by atoms with Crippen LogP contribution in [0.4, 0.5) is 4.79 Å². The minimum absolute atomic E-state index is 0.192. The summed E-state index contributed by atoms with van der Waals surface area (Å²) in [5.41, 5.74) is 7.99. The highest BCUT2D eigenvalue weighted by Crippen LogP contribution is 2.46. The van der Waals surface area contributed by atoms with Crippen LogP contribution in [0.25, 0.3) is 10.9 Å². The van der Waals surface area contributed by atoms with Crippen LogP contribution < -0.4 is 11.1 Å². The van der Waals surface area contributed by atoms with E-state index in [1.54, 1.807) is 4.90 Å². The van der Waals surface area contributed by atoms with Gasteiger partial charge in [0.2, 0.25) is 0 Å². The number of H-pyrrole nitrogens is 1. The van der Waals surface area contributed by atoms with Gasteiger partial charge >= 0.3 is 6.03 Å². The Labute approximate surface area is 146 Å². The number of carbonyl (C=O) groups excluding carboxylic acids is 1. The molecule has 1 spiro atoms. The number of amides is 2. The third-order valence-corrected chi connectivity index (χ3v) is 6.87. The van der Waals surface area contributed by atoms with Crippen molar-refractivity contribution in [3.63, 3.8) is 0 Å². The maximum atomic E-state index is 12.3. The van der Waals surface area contributed by atoms with Crippen molar-refractivity contribution in [3.05, 3.63) is 35.5 Å². The fourth-order valence-corrected chi connectivity index (χ4v) is 5.35. The summed E-state index contributed by atoms with van der Waals surface area (Å²) < 4.78 is 24.6. The van der Waals surface area contributed by atoms with Gasteiger partial charge in [0.15, 0.2) is 15.2 Å². The van der Waals surface area contributed by atoms with Gasteiger partial charge in [-0.1, -0.05) is 18.2 Å². The van der Waals surface area contributed by atoms with Gasteiger partial charge in [0.05, 0.1) is 5.69 Å². The van der Waals surface area contributed by atoms with Crippen LogP contribution in [-0.2, 0) is 15.3 Å². The van der Waals surface area contributed by atoms with Gasteiger partial charge in [-0.3, -0.25) is 5.32 Å². The third-order valence-electron chi connectivity index (χ3n) is 5.61. The van der Waals surface area contributed by atoms with Gasteiger partial charge in [0.1, 0.15) is 0 Å². The number of nitrogens with two attached hydrogens (primary N) is 1. The van der Waals surface area contributed by atoms with Gasteiger partial charge in [-0.2, -0.15) is 0 Å². The second-order valence-electron chi connectivity index (χ2n) is 7.16. The molecular formula is C17H22N4O3S. The number of benzene rings is 1. The molecule has 0 aliphatic carbocycles. The number of hydrogen-bond donors (Lipinski definition) is 3. The molecule has 4 N–H and O–H groups in total. The zero-order chi connectivity index (χ0) is 17.8. The molecule has 7 nitrogen and oxygen atoms in total. The monoisotopic (exact) mass is 362 g/mol. The third kappa shape index (κ3) is 2.51. The van der Waals surface area contributed by atoms with Crippen molar-refractivity contribution >= 4 is 26.8 Å². The molecule has 0 radical (unpaired) electrons. The summed E-state index contributed by atoms with van der Waals surface area (Å²) in [7, 11) is -3.29. The van der Waals surface area contributed by atoms with E-state index in [9.17, 15) is 13.2 Å². The number of aromatic amines is 1. The summed E-state index contributed by atoms with van der Waals surface area (Å²) in [6.45, 7) is 1.74. The standard InChI is InChI=1S/C17H22N4O3S/c1-25(23,24)15-14-13(11-4-2-3-5-12(11)20-14)17(10-19-15)6-8-21(9-7-17)16(18)22/h2-5,15,19-20H,6-10H2,1H3,(H2,18,22). The number of nitrogens with zero attached hydrogens (tertiary/aromatic N) is 1. The number of sulfone groups is 1. The van der Waals surface area contributed by atoms with Gasteiger partial charge in [-0.25, -0.2) is 13.2 Å². The molecule has 2 aliphatic heterocycles. The van der Waals surface area contributed by atoms with E-state index in [1.165, 1.54) is 6.26 Å². The maximum absolute atomic E-state index is 12.3. The quantitative estimate of drug-likeness (QED) is 0.709. The van der Waals surface area contributed by atoms with Gasteiger partial charge in [-0.15, -0.1) is 0 Å². The zero-order valence-electron chi connectivity index (χ0n) is 14.1. The van der Waals surface area contributed by atoms with Crippen LogP contribution in [-0.4, -0.2) is 50.2 Å². The van der Waals surface area contributed by atoms with E-state index >= 15 is 0 Å². The lowest BCUT2D eigenvalue weighted by atomic mass is 9.70. The number of rotatable bonds is 1. The maximum Gasteiger partial charge on any atom is 0.314 e. The number of urea groups is 1. The summed E-state index contributed by atoms with van der Waals surface area (Å²) in [4.78, 5) is 16.5. The van der Waals surface area contributed by atoms with Crippen molar-refractivity contribution in [2.45, 2.75) is 23.6 Å². The number of para-hydroxylation sites is 1. The van der Waals surface area contributed by atoms with Gasteiger partial charge in [0, 0.05) is 42.2 Å². The van der Waals surface area contributed by atoms with Crippen LogP contribution >= 0.6 is 0 Å². The van der Waals surface area contributed by atoms with Gasteiger partial charge < -0.3 is 15.6 Å². The number of piperidine rings is 1. The Morgan fingerprint density at radius 1 is 1.28 bits per heavy atom. The molecule has 3 heterocycles. The molecule has 1 aromatic carbocycles. The first kappa shape index (κ1) is 16.4. The lowest BCUT2D eigenvalue weighted by Gasteiger charge is -2.45. The smallest absolute Gasteiger partial charge is 0.314 e. The van der Waals surface area contributed by atoms with Gasteiger partial charge in [0.25, 0.3) is 0 Å². The van der Waals surface area contributed by atoms with Crippen LogP contribution in [0.2, 0.25) is 0 Å². The molecule has 2 aliphatic rings. The number of aromatic nitrogens is 1. The number of hydrogen-bond acceptors (Lipinski definition) is 4. The average Bonchev–Trinajstić information content (AvgIpc) is 2.94. The molecular weight excluding hydrogens is 340 g/mol. The molecule has 1 unspecified atom stereocenters. The van der Waals surface area contributed by atoms with Crippen LogP contribution in [0.1, 0.15) is 29.5 Å². The Morgan fingerprint density at radius 2 is 1.96 bits per heavy atom. The highest BCUT2D eigenvalue weighted by atomic mass is 32.2. The Balaban J connectivity index is 1.86. The van der Waals surface area contributed by atoms with Crippen molar-refractivity contribution in [2.75, 3.05) is 25.9 Å². The molecule has 2 amide bonds. The van der Waals surface area contributed by atoms with Gasteiger partial charge in [-0.05, 0) is 24.5 Å². The highest BCUT2D eigenvalue weighted by Gasteiger charge is 2.46. The molecule has 2 aromatic rings. The first-order valence-corrected chi connectivity index (χ1v) is 10.3. The molecule has 1 aromatic heterocycles. The zero-order valence-corrected chi connectivity index (χ0v) is 14.9. The van der Waals surface area contributed by atoms with Crippen LogP contribution in [0, 0.1) is 0 Å². The molecule has 8 heteroatoms. The number of primary amides is 1. The average molecular weight is 362 g/mol. The lowest BCUT2D eigenvalue weighted by Crippen LogP contribution is -2.54. The Hall–Kier alpha value is -2.06. The SMILES string of the molecule is CS(=O)(=O)C1NCC2(CCN(C(N)=O)CC2)c2c1[nH]c1ccccc21. The summed E-state index contributed by atoms with van der Waals surface area (Å²) in [6, 6.07) is 7.53. The van der Waals surface area contributed by atoms with Crippen molar-refractivity contribution in [1.82, 2.24) is 15.2 Å². The van der Waals surface area contributed by atoms with Crippen molar-refractivity contribution < 1.29 is 13.2 Å². The molecule has 0 saturated carbocycles. The Kier molecular flexibility index (Phi) is 3.59. The van der Waals surface area contributed by atoms with E-state index in [2.05, 4.69) is 10.3 Å². The fourth-order valence-electron chi connectivity index (χ4n) is 4.36. The Bertz CT molecular complexity index is 942. The minimum Gasteiger partial charge on any atom is -0.356 e. The fraction of sp³-hybridized carbons (Fsp3) is 0.471. The van der Waals surface area contributed by atoms with Crippen molar-refractivity contribution in [1.29, 1.82) is 0 Å². The van der Waals surface area contributed by atoms with Crippen LogP contribution in [0.15, 0.2) is 24.3 Å². The van der Waals surface area contributed by atoms with Crippen molar-refractivity contribution in [2.24, 2.45) is 5.73 Å². The normalized spacial score (nSPS) is 22.9. The number of carbonyl (C=O) groups is 1. The summed E-state index contributed by atoms with van der Waals surface area (Å²) in [5.74, 6) is 0. The number of nitrogens with one attached hydrogen (secondary N) is 2. The van der Waals surface area contributed by atoms with Crippen LogP contribution in [0.3, 0.4) is 0 Å². The molecule has 1 fully saturated rings. The predicted molar refractivity (Wildman–Crippen MR) is 96.0 cm³/mol. The topological polar surface area (TPSA) is 108 Å². The van der Waals surface area contributed by atoms with E-state index in [1.807, 2.05) is 24.3 Å². The van der Waals surface area contributed by atoms with E-state index in [-0.39, 0.29) is 5.41 Å². The molecule has 0 bridgehead atoms. The summed E-state index contributed by atoms with van der Waals surface area (Å²) in [6.07, 6.45) is 2.77. The first-order chi connectivity index (χ1) is 11.8. The molecule has 1 atom stereocenters. The molecule has 134 valence electrons. The summed E-state index contributed by atoms with van der Waals surface area (Å²) in [5, 5.41) is 3.57. The summed E-state index contributed by atoms with van der Waals surface area (Å²) >= 11 is 0. The lowest BCUT2D eigenvalue weighted by molar-refractivity contribution is 0.159. The molecule has 1 saturated heterocycles. The number of fused-ring (bicyclic) bond motifs is 4.